The van der Waals surface area contributed by atoms with E-state index >= 15 is 0 Å². The maximum absolute atomic E-state index is 10.9. The molecule has 0 unspecified atom stereocenters. The third kappa shape index (κ3) is 1.50. The van der Waals surface area contributed by atoms with Crippen molar-refractivity contribution in [2.45, 2.75) is 25.4 Å². The Hall–Kier alpha value is -1.61. The molecule has 0 saturated carbocycles. The molecule has 3 nitrogen and oxygen atoms in total. The van der Waals surface area contributed by atoms with Gasteiger partial charge in [-0.25, -0.2) is 0 Å². The lowest BCUT2D eigenvalue weighted by Crippen LogP contribution is -2.30. The second kappa shape index (κ2) is 3.44. The standard InChI is InChI=1S/C14H16N2O/c1-10-9-15-16(2)13(10)14(17)7-11-5-3-4-6-12(11)8-14/h3-6,9,17H,7-8H2,1-2H3. The number of hydrogen-bond acceptors (Lipinski definition) is 2. The van der Waals surface area contributed by atoms with E-state index in [0.29, 0.717) is 12.8 Å². The van der Waals surface area contributed by atoms with E-state index in [1.165, 1.54) is 11.1 Å². The fourth-order valence-electron chi connectivity index (χ4n) is 2.98. The summed E-state index contributed by atoms with van der Waals surface area (Å²) in [5.41, 5.74) is 3.70. The number of rotatable bonds is 1. The van der Waals surface area contributed by atoms with Crippen molar-refractivity contribution in [3.05, 3.63) is 52.8 Å². The van der Waals surface area contributed by atoms with Gasteiger partial charge in [0, 0.05) is 19.9 Å². The van der Waals surface area contributed by atoms with Gasteiger partial charge >= 0.3 is 0 Å². The van der Waals surface area contributed by atoms with Crippen LogP contribution in [0.1, 0.15) is 22.4 Å². The highest BCUT2D eigenvalue weighted by Gasteiger charge is 2.39. The predicted molar refractivity (Wildman–Crippen MR) is 65.7 cm³/mol. The summed E-state index contributed by atoms with van der Waals surface area (Å²) in [6, 6.07) is 8.25. The van der Waals surface area contributed by atoms with Crippen LogP contribution < -0.4 is 0 Å². The zero-order valence-electron chi connectivity index (χ0n) is 10.1. The number of nitrogens with zero attached hydrogens (tertiary/aromatic N) is 2. The minimum atomic E-state index is -0.793. The molecule has 0 amide bonds. The molecule has 0 radical (unpaired) electrons. The van der Waals surface area contributed by atoms with Crippen molar-refractivity contribution in [1.29, 1.82) is 0 Å². The van der Waals surface area contributed by atoms with Crippen LogP contribution in [0.2, 0.25) is 0 Å². The Labute approximate surface area is 101 Å². The highest BCUT2D eigenvalue weighted by molar-refractivity contribution is 5.39. The SMILES string of the molecule is Cc1cnn(C)c1C1(O)Cc2ccccc2C1. The molecule has 17 heavy (non-hydrogen) atoms. The molecule has 88 valence electrons. The minimum absolute atomic E-state index is 0.684. The first kappa shape index (κ1) is 10.5. The van der Waals surface area contributed by atoms with Gasteiger partial charge in [-0.05, 0) is 23.6 Å². The summed E-state index contributed by atoms with van der Waals surface area (Å²) in [4.78, 5) is 0. The maximum Gasteiger partial charge on any atom is 0.114 e. The van der Waals surface area contributed by atoms with Crippen molar-refractivity contribution in [1.82, 2.24) is 9.78 Å². The average molecular weight is 228 g/mol. The van der Waals surface area contributed by atoms with E-state index in [-0.39, 0.29) is 0 Å². The Balaban J connectivity index is 2.07. The number of aliphatic hydroxyl groups is 1. The summed E-state index contributed by atoms with van der Waals surface area (Å²) in [5, 5.41) is 15.1. The molecule has 2 aromatic rings. The number of aryl methyl sites for hydroxylation is 2. The van der Waals surface area contributed by atoms with Crippen molar-refractivity contribution in [2.24, 2.45) is 7.05 Å². The Bertz CT molecular complexity index is 527. The highest BCUT2D eigenvalue weighted by Crippen LogP contribution is 2.38. The molecule has 3 heteroatoms. The summed E-state index contributed by atoms with van der Waals surface area (Å²) >= 11 is 0. The fourth-order valence-corrected chi connectivity index (χ4v) is 2.98. The van der Waals surface area contributed by atoms with Crippen LogP contribution in [0.3, 0.4) is 0 Å². The third-order valence-electron chi connectivity index (χ3n) is 3.65. The smallest absolute Gasteiger partial charge is 0.114 e. The van der Waals surface area contributed by atoms with E-state index in [4.69, 9.17) is 0 Å². The average Bonchev–Trinajstić information content (AvgIpc) is 2.78. The van der Waals surface area contributed by atoms with Gasteiger partial charge in [-0.1, -0.05) is 24.3 Å². The molecule has 0 saturated heterocycles. The Kier molecular flexibility index (Phi) is 2.13. The fraction of sp³-hybridized carbons (Fsp3) is 0.357. The van der Waals surface area contributed by atoms with Crippen molar-refractivity contribution in [3.8, 4) is 0 Å². The van der Waals surface area contributed by atoms with E-state index in [2.05, 4.69) is 17.2 Å². The molecular formula is C14H16N2O. The van der Waals surface area contributed by atoms with Crippen LogP contribution in [0.15, 0.2) is 30.5 Å². The Morgan fingerprint density at radius 2 is 1.82 bits per heavy atom. The first-order valence-electron chi connectivity index (χ1n) is 5.88. The highest BCUT2D eigenvalue weighted by atomic mass is 16.3. The van der Waals surface area contributed by atoms with E-state index in [1.54, 1.807) is 4.68 Å². The summed E-state index contributed by atoms with van der Waals surface area (Å²) < 4.78 is 1.79. The second-order valence-corrected chi connectivity index (χ2v) is 4.95. The summed E-state index contributed by atoms with van der Waals surface area (Å²) in [6.45, 7) is 2.00. The van der Waals surface area contributed by atoms with Crippen LogP contribution in [0.25, 0.3) is 0 Å². The molecule has 1 heterocycles. The lowest BCUT2D eigenvalue weighted by Gasteiger charge is -2.23. The number of aromatic nitrogens is 2. The van der Waals surface area contributed by atoms with Gasteiger partial charge in [-0.15, -0.1) is 0 Å². The second-order valence-electron chi connectivity index (χ2n) is 4.95. The Morgan fingerprint density at radius 1 is 1.24 bits per heavy atom. The molecule has 3 rings (SSSR count). The van der Waals surface area contributed by atoms with E-state index in [1.807, 2.05) is 32.3 Å². The van der Waals surface area contributed by atoms with Crippen molar-refractivity contribution < 1.29 is 5.11 Å². The van der Waals surface area contributed by atoms with Crippen LogP contribution in [-0.4, -0.2) is 14.9 Å². The van der Waals surface area contributed by atoms with Crippen LogP contribution >= 0.6 is 0 Å². The van der Waals surface area contributed by atoms with E-state index in [0.717, 1.165) is 11.3 Å². The minimum Gasteiger partial charge on any atom is -0.383 e. The van der Waals surface area contributed by atoms with Crippen LogP contribution in [0, 0.1) is 6.92 Å². The lowest BCUT2D eigenvalue weighted by molar-refractivity contribution is 0.0391. The van der Waals surface area contributed by atoms with Crippen LogP contribution in [-0.2, 0) is 25.5 Å². The van der Waals surface area contributed by atoms with Crippen LogP contribution in [0.5, 0.6) is 0 Å². The van der Waals surface area contributed by atoms with Gasteiger partial charge in [-0.3, -0.25) is 4.68 Å². The molecule has 0 aliphatic heterocycles. The molecule has 1 aromatic carbocycles. The normalized spacial score (nSPS) is 17.1. The molecular weight excluding hydrogens is 212 g/mol. The largest absolute Gasteiger partial charge is 0.383 e. The van der Waals surface area contributed by atoms with Gasteiger partial charge in [0.1, 0.15) is 5.60 Å². The van der Waals surface area contributed by atoms with Crippen LogP contribution in [0.4, 0.5) is 0 Å². The van der Waals surface area contributed by atoms with Gasteiger partial charge in [0.15, 0.2) is 0 Å². The number of fused-ring (bicyclic) bond motifs is 1. The zero-order valence-corrected chi connectivity index (χ0v) is 10.1. The van der Waals surface area contributed by atoms with E-state index in [9.17, 15) is 5.11 Å². The number of benzene rings is 1. The molecule has 0 fully saturated rings. The first-order valence-corrected chi connectivity index (χ1v) is 5.88. The monoisotopic (exact) mass is 228 g/mol. The van der Waals surface area contributed by atoms with Gasteiger partial charge in [0.25, 0.3) is 0 Å². The molecule has 1 aromatic heterocycles. The maximum atomic E-state index is 10.9. The molecule has 1 N–H and O–H groups in total. The third-order valence-corrected chi connectivity index (χ3v) is 3.65. The number of hydrogen-bond donors (Lipinski definition) is 1. The van der Waals surface area contributed by atoms with Crippen molar-refractivity contribution >= 4 is 0 Å². The summed E-state index contributed by atoms with van der Waals surface area (Å²) in [6.07, 6.45) is 3.18. The molecule has 0 bridgehead atoms. The van der Waals surface area contributed by atoms with Gasteiger partial charge < -0.3 is 5.11 Å². The summed E-state index contributed by atoms with van der Waals surface area (Å²) in [7, 11) is 1.89. The van der Waals surface area contributed by atoms with Crippen molar-refractivity contribution in [2.75, 3.05) is 0 Å². The molecule has 0 atom stereocenters. The topological polar surface area (TPSA) is 38.0 Å². The van der Waals surface area contributed by atoms with Crippen molar-refractivity contribution in [3.63, 3.8) is 0 Å². The molecule has 0 spiro atoms. The predicted octanol–water partition coefficient (Wildman–Crippen LogP) is 1.71. The zero-order chi connectivity index (χ0) is 12.0. The first-order chi connectivity index (χ1) is 8.10. The van der Waals surface area contributed by atoms with E-state index < -0.39 is 5.60 Å². The lowest BCUT2D eigenvalue weighted by atomic mass is 9.93. The van der Waals surface area contributed by atoms with Gasteiger partial charge in [0.05, 0.1) is 11.9 Å². The quantitative estimate of drug-likeness (QED) is 0.807. The Morgan fingerprint density at radius 3 is 2.29 bits per heavy atom. The molecule has 1 aliphatic carbocycles. The molecule has 1 aliphatic rings. The van der Waals surface area contributed by atoms with Gasteiger partial charge in [0.2, 0.25) is 0 Å². The van der Waals surface area contributed by atoms with Gasteiger partial charge in [-0.2, -0.15) is 5.10 Å². The summed E-state index contributed by atoms with van der Waals surface area (Å²) in [5.74, 6) is 0.